The van der Waals surface area contributed by atoms with Gasteiger partial charge in [-0.05, 0) is 37.1 Å². The van der Waals surface area contributed by atoms with Crippen LogP contribution in [0.2, 0.25) is 5.02 Å². The Labute approximate surface area is 114 Å². The summed E-state index contributed by atoms with van der Waals surface area (Å²) in [5.41, 5.74) is 3.81. The summed E-state index contributed by atoms with van der Waals surface area (Å²) in [5, 5.41) is 4.29. The largest absolute Gasteiger partial charge is 0.306 e. The summed E-state index contributed by atoms with van der Waals surface area (Å²) < 4.78 is 0. The van der Waals surface area contributed by atoms with Gasteiger partial charge in [-0.2, -0.15) is 0 Å². The first-order chi connectivity index (χ1) is 8.65. The Kier molecular flexibility index (Phi) is 4.40. The molecular formula is C16H18ClN. The molecule has 2 aromatic rings. The van der Waals surface area contributed by atoms with E-state index in [1.807, 2.05) is 18.2 Å². The molecule has 0 aliphatic rings. The zero-order valence-electron chi connectivity index (χ0n) is 10.8. The maximum atomic E-state index is 6.00. The van der Waals surface area contributed by atoms with Gasteiger partial charge in [-0.15, -0.1) is 0 Å². The summed E-state index contributed by atoms with van der Waals surface area (Å²) >= 11 is 6.00. The molecule has 0 aromatic heterocycles. The van der Waals surface area contributed by atoms with Crippen LogP contribution in [-0.2, 0) is 6.54 Å². The van der Waals surface area contributed by atoms with Crippen LogP contribution in [0.1, 0.15) is 29.7 Å². The van der Waals surface area contributed by atoms with Crippen molar-refractivity contribution in [3.05, 3.63) is 70.2 Å². The maximum absolute atomic E-state index is 6.00. The summed E-state index contributed by atoms with van der Waals surface area (Å²) in [6.45, 7) is 5.12. The van der Waals surface area contributed by atoms with E-state index in [9.17, 15) is 0 Å². The number of hydrogen-bond acceptors (Lipinski definition) is 1. The molecular weight excluding hydrogens is 242 g/mol. The highest BCUT2D eigenvalue weighted by Gasteiger charge is 2.04. The molecule has 2 rings (SSSR count). The molecule has 0 fully saturated rings. The van der Waals surface area contributed by atoms with Gasteiger partial charge in [0.1, 0.15) is 0 Å². The van der Waals surface area contributed by atoms with Gasteiger partial charge >= 0.3 is 0 Å². The minimum Gasteiger partial charge on any atom is -0.306 e. The fraction of sp³-hybridized carbons (Fsp3) is 0.250. The summed E-state index contributed by atoms with van der Waals surface area (Å²) in [4.78, 5) is 0. The minimum absolute atomic E-state index is 0.296. The molecule has 1 nitrogen and oxygen atoms in total. The van der Waals surface area contributed by atoms with Gasteiger partial charge in [0.2, 0.25) is 0 Å². The Morgan fingerprint density at radius 3 is 2.50 bits per heavy atom. The lowest BCUT2D eigenvalue weighted by Crippen LogP contribution is -2.17. The molecule has 1 N–H and O–H groups in total. The first-order valence-electron chi connectivity index (χ1n) is 6.19. The number of rotatable bonds is 4. The van der Waals surface area contributed by atoms with Gasteiger partial charge < -0.3 is 5.32 Å². The zero-order chi connectivity index (χ0) is 13.0. The third-order valence-electron chi connectivity index (χ3n) is 3.08. The summed E-state index contributed by atoms with van der Waals surface area (Å²) in [6.07, 6.45) is 0. The number of hydrogen-bond donors (Lipinski definition) is 1. The zero-order valence-corrected chi connectivity index (χ0v) is 11.5. The second-order valence-electron chi connectivity index (χ2n) is 4.64. The van der Waals surface area contributed by atoms with Gasteiger partial charge in [0, 0.05) is 17.6 Å². The molecule has 0 aliphatic heterocycles. The normalized spacial score (nSPS) is 12.4. The molecule has 0 spiro atoms. The number of nitrogens with one attached hydrogen (secondary N) is 1. The molecule has 1 atom stereocenters. The van der Waals surface area contributed by atoms with E-state index in [0.29, 0.717) is 6.04 Å². The van der Waals surface area contributed by atoms with Crippen LogP contribution in [-0.4, -0.2) is 0 Å². The second-order valence-corrected chi connectivity index (χ2v) is 5.08. The van der Waals surface area contributed by atoms with Crippen molar-refractivity contribution in [2.75, 3.05) is 0 Å². The van der Waals surface area contributed by atoms with Crippen LogP contribution in [0.25, 0.3) is 0 Å². The fourth-order valence-corrected chi connectivity index (χ4v) is 2.07. The van der Waals surface area contributed by atoms with Crippen LogP contribution in [0, 0.1) is 6.92 Å². The van der Waals surface area contributed by atoms with E-state index in [4.69, 9.17) is 11.6 Å². The van der Waals surface area contributed by atoms with Gasteiger partial charge in [0.15, 0.2) is 0 Å². The van der Waals surface area contributed by atoms with E-state index in [1.54, 1.807) is 0 Å². The van der Waals surface area contributed by atoms with Crippen LogP contribution >= 0.6 is 11.6 Å². The lowest BCUT2D eigenvalue weighted by atomic mass is 10.1. The summed E-state index contributed by atoms with van der Waals surface area (Å²) in [7, 11) is 0. The highest BCUT2D eigenvalue weighted by molar-refractivity contribution is 6.30. The van der Waals surface area contributed by atoms with Gasteiger partial charge in [0.25, 0.3) is 0 Å². The predicted octanol–water partition coefficient (Wildman–Crippen LogP) is 4.50. The van der Waals surface area contributed by atoms with Gasteiger partial charge in [-0.1, -0.05) is 53.6 Å². The number of aryl methyl sites for hydroxylation is 1. The molecule has 2 heteroatoms. The standard InChI is InChI=1S/C16H18ClN/c1-12-6-8-14(9-7-12)11-18-13(2)15-4-3-5-16(17)10-15/h3-10,13,18H,11H2,1-2H3. The molecule has 2 aromatic carbocycles. The molecule has 0 radical (unpaired) electrons. The van der Waals surface area contributed by atoms with Crippen molar-refractivity contribution >= 4 is 11.6 Å². The Balaban J connectivity index is 1.96. The van der Waals surface area contributed by atoms with Crippen molar-refractivity contribution in [3.8, 4) is 0 Å². The molecule has 94 valence electrons. The Hall–Kier alpha value is -1.31. The first-order valence-corrected chi connectivity index (χ1v) is 6.57. The van der Waals surface area contributed by atoms with Crippen molar-refractivity contribution in [2.24, 2.45) is 0 Å². The lowest BCUT2D eigenvalue weighted by Gasteiger charge is -2.14. The van der Waals surface area contributed by atoms with E-state index in [2.05, 4.69) is 49.5 Å². The fourth-order valence-electron chi connectivity index (χ4n) is 1.87. The van der Waals surface area contributed by atoms with Crippen molar-refractivity contribution < 1.29 is 0 Å². The van der Waals surface area contributed by atoms with Crippen LogP contribution < -0.4 is 5.32 Å². The highest BCUT2D eigenvalue weighted by Crippen LogP contribution is 2.17. The average Bonchev–Trinajstić information content (AvgIpc) is 2.38. The van der Waals surface area contributed by atoms with Crippen LogP contribution in [0.15, 0.2) is 48.5 Å². The monoisotopic (exact) mass is 259 g/mol. The lowest BCUT2D eigenvalue weighted by molar-refractivity contribution is 0.575. The predicted molar refractivity (Wildman–Crippen MR) is 77.9 cm³/mol. The number of benzene rings is 2. The maximum Gasteiger partial charge on any atom is 0.0409 e. The Morgan fingerprint density at radius 1 is 1.11 bits per heavy atom. The quantitative estimate of drug-likeness (QED) is 0.853. The minimum atomic E-state index is 0.296. The topological polar surface area (TPSA) is 12.0 Å². The second kappa shape index (κ2) is 6.03. The van der Waals surface area contributed by atoms with Gasteiger partial charge in [-0.25, -0.2) is 0 Å². The molecule has 0 saturated carbocycles. The molecule has 0 bridgehead atoms. The van der Waals surface area contributed by atoms with E-state index < -0.39 is 0 Å². The van der Waals surface area contributed by atoms with E-state index >= 15 is 0 Å². The van der Waals surface area contributed by atoms with Crippen molar-refractivity contribution in [2.45, 2.75) is 26.4 Å². The van der Waals surface area contributed by atoms with Gasteiger partial charge in [0.05, 0.1) is 0 Å². The Bertz CT molecular complexity index is 505. The van der Waals surface area contributed by atoms with Crippen molar-refractivity contribution in [3.63, 3.8) is 0 Å². The van der Waals surface area contributed by atoms with E-state index in [-0.39, 0.29) is 0 Å². The van der Waals surface area contributed by atoms with E-state index in [1.165, 1.54) is 16.7 Å². The Morgan fingerprint density at radius 2 is 1.83 bits per heavy atom. The van der Waals surface area contributed by atoms with Crippen LogP contribution in [0.5, 0.6) is 0 Å². The number of halogens is 1. The van der Waals surface area contributed by atoms with Crippen LogP contribution in [0.4, 0.5) is 0 Å². The smallest absolute Gasteiger partial charge is 0.0409 e. The molecule has 0 aliphatic carbocycles. The van der Waals surface area contributed by atoms with Crippen molar-refractivity contribution in [1.82, 2.24) is 5.32 Å². The van der Waals surface area contributed by atoms with E-state index in [0.717, 1.165) is 11.6 Å². The van der Waals surface area contributed by atoms with Crippen LogP contribution in [0.3, 0.4) is 0 Å². The third kappa shape index (κ3) is 3.59. The average molecular weight is 260 g/mol. The third-order valence-corrected chi connectivity index (χ3v) is 3.32. The van der Waals surface area contributed by atoms with Crippen molar-refractivity contribution in [1.29, 1.82) is 0 Å². The molecule has 18 heavy (non-hydrogen) atoms. The summed E-state index contributed by atoms with van der Waals surface area (Å²) in [6, 6.07) is 16.9. The highest BCUT2D eigenvalue weighted by atomic mass is 35.5. The molecule has 0 amide bonds. The molecule has 0 saturated heterocycles. The SMILES string of the molecule is Cc1ccc(CNC(C)c2cccc(Cl)c2)cc1. The molecule has 1 unspecified atom stereocenters. The molecule has 0 heterocycles. The first kappa shape index (κ1) is 13.1. The van der Waals surface area contributed by atoms with Gasteiger partial charge in [-0.3, -0.25) is 0 Å². The summed E-state index contributed by atoms with van der Waals surface area (Å²) in [5.74, 6) is 0.